The molecule has 1 aromatic rings. The second-order valence-electron chi connectivity index (χ2n) is 3.11. The number of rotatable bonds is 5. The minimum absolute atomic E-state index is 0.333. The van der Waals surface area contributed by atoms with Gasteiger partial charge in [-0.15, -0.1) is 0 Å². The van der Waals surface area contributed by atoms with Crippen molar-refractivity contribution in [3.8, 4) is 0 Å². The van der Waals surface area contributed by atoms with Crippen LogP contribution in [0.15, 0.2) is 23.4 Å². The van der Waals surface area contributed by atoms with E-state index < -0.39 is 20.9 Å². The molecular weight excluding hydrogens is 251 g/mol. The summed E-state index contributed by atoms with van der Waals surface area (Å²) in [5.74, 6) is -0.164. The number of nitrogens with zero attached hydrogens (tertiary/aromatic N) is 2. The summed E-state index contributed by atoms with van der Waals surface area (Å²) in [6.07, 6.45) is 3.14. The number of pyridine rings is 1. The first-order valence-corrected chi connectivity index (χ1v) is 7.39. The lowest BCUT2D eigenvalue weighted by molar-refractivity contribution is 0.473. The molecule has 1 aromatic heterocycles. The summed E-state index contributed by atoms with van der Waals surface area (Å²) in [4.78, 5) is 3.57. The van der Waals surface area contributed by atoms with Gasteiger partial charge in [0.05, 0.1) is 0 Å². The molecule has 16 heavy (non-hydrogen) atoms. The molecule has 90 valence electrons. The first kappa shape index (κ1) is 13.4. The highest BCUT2D eigenvalue weighted by atomic mass is 32.2. The smallest absolute Gasteiger partial charge is 0.241 e. The topological polar surface area (TPSA) is 50.3 Å². The second-order valence-corrected chi connectivity index (χ2v) is 6.06. The monoisotopic (exact) mass is 264 g/mol. The van der Waals surface area contributed by atoms with Crippen LogP contribution in [0.25, 0.3) is 0 Å². The van der Waals surface area contributed by atoms with Crippen LogP contribution in [0, 0.1) is 5.82 Å². The maximum Gasteiger partial charge on any atom is 0.263 e. The molecule has 0 unspecified atom stereocenters. The molecule has 7 heteroatoms. The minimum Gasteiger partial charge on any atom is -0.241 e. The zero-order valence-electron chi connectivity index (χ0n) is 9.05. The van der Waals surface area contributed by atoms with Crippen molar-refractivity contribution < 1.29 is 12.8 Å². The van der Waals surface area contributed by atoms with Crippen LogP contribution < -0.4 is 0 Å². The van der Waals surface area contributed by atoms with Crippen LogP contribution in [-0.4, -0.2) is 43.3 Å². The predicted octanol–water partition coefficient (Wildman–Crippen LogP) is 1.20. The van der Waals surface area contributed by atoms with Crippen molar-refractivity contribution in [2.75, 3.05) is 25.6 Å². The van der Waals surface area contributed by atoms with E-state index >= 15 is 0 Å². The van der Waals surface area contributed by atoms with Crippen molar-refractivity contribution in [2.24, 2.45) is 0 Å². The molecule has 0 fully saturated rings. The molecule has 0 spiro atoms. The highest BCUT2D eigenvalue weighted by molar-refractivity contribution is 7.98. The van der Waals surface area contributed by atoms with Gasteiger partial charge in [0.25, 0.3) is 10.0 Å². The molecule has 0 saturated heterocycles. The first-order chi connectivity index (χ1) is 7.50. The van der Waals surface area contributed by atoms with Gasteiger partial charge >= 0.3 is 0 Å². The van der Waals surface area contributed by atoms with Gasteiger partial charge in [-0.2, -0.15) is 16.1 Å². The number of aromatic nitrogens is 1. The molecule has 0 bridgehead atoms. The molecule has 0 aliphatic rings. The van der Waals surface area contributed by atoms with Crippen LogP contribution >= 0.6 is 11.8 Å². The number of sulfonamides is 1. The molecule has 0 radical (unpaired) electrons. The van der Waals surface area contributed by atoms with Crippen LogP contribution in [-0.2, 0) is 10.0 Å². The summed E-state index contributed by atoms with van der Waals surface area (Å²) in [7, 11) is -2.39. The Hall–Kier alpha value is -0.660. The molecular formula is C9H13FN2O2S2. The zero-order chi connectivity index (χ0) is 12.2. The van der Waals surface area contributed by atoms with Gasteiger partial charge in [0.1, 0.15) is 0 Å². The van der Waals surface area contributed by atoms with E-state index in [2.05, 4.69) is 4.98 Å². The Morgan fingerprint density at radius 1 is 1.56 bits per heavy atom. The predicted molar refractivity (Wildman–Crippen MR) is 62.4 cm³/mol. The molecule has 1 heterocycles. The quantitative estimate of drug-likeness (QED) is 0.802. The maximum absolute atomic E-state index is 13.3. The third-order valence-electron chi connectivity index (χ3n) is 1.99. The normalized spacial score (nSPS) is 12.0. The van der Waals surface area contributed by atoms with Gasteiger partial charge in [0, 0.05) is 25.5 Å². The van der Waals surface area contributed by atoms with Gasteiger partial charge < -0.3 is 0 Å². The fourth-order valence-corrected chi connectivity index (χ4v) is 2.76. The summed E-state index contributed by atoms with van der Waals surface area (Å²) in [5, 5.41) is -0.515. The number of halogens is 1. The van der Waals surface area contributed by atoms with Gasteiger partial charge in [-0.05, 0) is 18.4 Å². The van der Waals surface area contributed by atoms with E-state index in [1.165, 1.54) is 31.1 Å². The van der Waals surface area contributed by atoms with E-state index in [0.717, 1.165) is 10.4 Å². The van der Waals surface area contributed by atoms with E-state index in [0.29, 0.717) is 12.3 Å². The Bertz CT molecular complexity index is 451. The molecule has 0 atom stereocenters. The molecule has 0 aliphatic carbocycles. The molecule has 0 aromatic carbocycles. The van der Waals surface area contributed by atoms with Crippen molar-refractivity contribution in [3.63, 3.8) is 0 Å². The Kier molecular flexibility index (Phi) is 4.69. The summed E-state index contributed by atoms with van der Waals surface area (Å²) in [5.41, 5.74) is 0. The number of thioether (sulfide) groups is 1. The van der Waals surface area contributed by atoms with Crippen LogP contribution in [0.3, 0.4) is 0 Å². The van der Waals surface area contributed by atoms with Crippen molar-refractivity contribution in [1.82, 2.24) is 9.29 Å². The van der Waals surface area contributed by atoms with Crippen molar-refractivity contribution in [3.05, 3.63) is 24.1 Å². The lowest BCUT2D eigenvalue weighted by atomic mass is 10.5. The molecule has 0 amide bonds. The molecule has 0 N–H and O–H groups in total. The Labute approximate surface area is 98.9 Å². The molecule has 4 nitrogen and oxygen atoms in total. The van der Waals surface area contributed by atoms with Gasteiger partial charge in [0.15, 0.2) is 5.82 Å². The van der Waals surface area contributed by atoms with Crippen LogP contribution in [0.1, 0.15) is 0 Å². The number of hydrogen-bond acceptors (Lipinski definition) is 4. The highest BCUT2D eigenvalue weighted by Crippen LogP contribution is 2.15. The summed E-state index contributed by atoms with van der Waals surface area (Å²) in [6, 6.07) is 2.44. The van der Waals surface area contributed by atoms with E-state index in [4.69, 9.17) is 0 Å². The van der Waals surface area contributed by atoms with E-state index in [-0.39, 0.29) is 0 Å². The summed E-state index contributed by atoms with van der Waals surface area (Å²) < 4.78 is 38.1. The standard InChI is InChI=1S/C9H13FN2O2S2/c1-12(6-7-15-2)16(13,14)9-8(10)4-3-5-11-9/h3-5H,6-7H2,1-2H3. The largest absolute Gasteiger partial charge is 0.263 e. The summed E-state index contributed by atoms with van der Waals surface area (Å²) >= 11 is 1.53. The van der Waals surface area contributed by atoms with Gasteiger partial charge in [-0.25, -0.2) is 17.8 Å². The van der Waals surface area contributed by atoms with Crippen molar-refractivity contribution in [2.45, 2.75) is 5.03 Å². The van der Waals surface area contributed by atoms with Crippen molar-refractivity contribution >= 4 is 21.8 Å². The fourth-order valence-electron chi connectivity index (χ4n) is 1.05. The van der Waals surface area contributed by atoms with Crippen LogP contribution in [0.2, 0.25) is 0 Å². The third kappa shape index (κ3) is 2.93. The first-order valence-electron chi connectivity index (χ1n) is 4.56. The average Bonchev–Trinajstić information content (AvgIpc) is 2.26. The SMILES string of the molecule is CSCCN(C)S(=O)(=O)c1ncccc1F. The highest BCUT2D eigenvalue weighted by Gasteiger charge is 2.25. The lowest BCUT2D eigenvalue weighted by Crippen LogP contribution is -2.30. The van der Waals surface area contributed by atoms with Gasteiger partial charge in [0.2, 0.25) is 5.03 Å². The third-order valence-corrected chi connectivity index (χ3v) is 4.37. The Balaban J connectivity index is 2.98. The van der Waals surface area contributed by atoms with Gasteiger partial charge in [-0.3, -0.25) is 0 Å². The molecule has 0 aliphatic heterocycles. The molecule has 0 saturated carbocycles. The zero-order valence-corrected chi connectivity index (χ0v) is 10.7. The number of hydrogen-bond donors (Lipinski definition) is 0. The van der Waals surface area contributed by atoms with E-state index in [1.54, 1.807) is 0 Å². The van der Waals surface area contributed by atoms with Crippen molar-refractivity contribution in [1.29, 1.82) is 0 Å². The van der Waals surface area contributed by atoms with E-state index in [1.807, 2.05) is 6.26 Å². The van der Waals surface area contributed by atoms with Crippen LogP contribution in [0.4, 0.5) is 4.39 Å². The molecule has 1 rings (SSSR count). The minimum atomic E-state index is -3.81. The fraction of sp³-hybridized carbons (Fsp3) is 0.444. The average molecular weight is 264 g/mol. The maximum atomic E-state index is 13.3. The second kappa shape index (κ2) is 5.60. The van der Waals surface area contributed by atoms with Gasteiger partial charge in [-0.1, -0.05) is 0 Å². The Morgan fingerprint density at radius 2 is 2.25 bits per heavy atom. The van der Waals surface area contributed by atoms with E-state index in [9.17, 15) is 12.8 Å². The summed E-state index contributed by atoms with van der Waals surface area (Å²) in [6.45, 7) is 0.333. The lowest BCUT2D eigenvalue weighted by Gasteiger charge is -2.15. The van der Waals surface area contributed by atoms with Crippen LogP contribution in [0.5, 0.6) is 0 Å². The Morgan fingerprint density at radius 3 is 2.81 bits per heavy atom.